The van der Waals surface area contributed by atoms with Gasteiger partial charge in [-0.05, 0) is 43.4 Å². The van der Waals surface area contributed by atoms with Gasteiger partial charge in [0.15, 0.2) is 0 Å². The number of nitrogens with two attached hydrogens (primary N) is 1. The Morgan fingerprint density at radius 3 is 2.53 bits per heavy atom. The third kappa shape index (κ3) is 3.23. The standard InChI is InChI=1S/C15H29NO/c1-14(2,3)7-4-8-15(11-16)9-10-17-13(15)12-5-6-12/h12-13H,4-11,16H2,1-3H3. The fourth-order valence-electron chi connectivity index (χ4n) is 3.30. The molecule has 1 saturated heterocycles. The normalized spacial score (nSPS) is 34.2. The average Bonchev–Trinajstić information content (AvgIpc) is 2.99. The molecule has 0 aromatic carbocycles. The van der Waals surface area contributed by atoms with E-state index >= 15 is 0 Å². The highest BCUT2D eigenvalue weighted by molar-refractivity contribution is 5.00. The molecule has 2 N–H and O–H groups in total. The number of rotatable bonds is 5. The van der Waals surface area contributed by atoms with Crippen molar-refractivity contribution < 1.29 is 4.74 Å². The summed E-state index contributed by atoms with van der Waals surface area (Å²) in [5.41, 5.74) is 6.86. The van der Waals surface area contributed by atoms with Crippen LogP contribution >= 0.6 is 0 Å². The van der Waals surface area contributed by atoms with Crippen molar-refractivity contribution in [1.29, 1.82) is 0 Å². The summed E-state index contributed by atoms with van der Waals surface area (Å²) >= 11 is 0. The van der Waals surface area contributed by atoms with E-state index < -0.39 is 0 Å². The molecule has 1 aliphatic heterocycles. The van der Waals surface area contributed by atoms with Crippen LogP contribution < -0.4 is 5.73 Å². The lowest BCUT2D eigenvalue weighted by atomic mass is 9.73. The largest absolute Gasteiger partial charge is 0.377 e. The van der Waals surface area contributed by atoms with Gasteiger partial charge in [0.2, 0.25) is 0 Å². The van der Waals surface area contributed by atoms with Gasteiger partial charge in [-0.3, -0.25) is 0 Å². The maximum Gasteiger partial charge on any atom is 0.0672 e. The van der Waals surface area contributed by atoms with Crippen LogP contribution in [-0.4, -0.2) is 19.3 Å². The average molecular weight is 239 g/mol. The fourth-order valence-corrected chi connectivity index (χ4v) is 3.30. The van der Waals surface area contributed by atoms with Gasteiger partial charge in [-0.1, -0.05) is 27.2 Å². The van der Waals surface area contributed by atoms with Crippen LogP contribution in [0.15, 0.2) is 0 Å². The smallest absolute Gasteiger partial charge is 0.0672 e. The van der Waals surface area contributed by atoms with Gasteiger partial charge in [0.1, 0.15) is 0 Å². The molecule has 0 bridgehead atoms. The molecule has 2 unspecified atom stereocenters. The Bertz CT molecular complexity index is 254. The van der Waals surface area contributed by atoms with Crippen molar-refractivity contribution in [1.82, 2.24) is 0 Å². The molecule has 2 atom stereocenters. The zero-order valence-electron chi connectivity index (χ0n) is 11.8. The first kappa shape index (κ1) is 13.4. The predicted molar refractivity (Wildman–Crippen MR) is 71.9 cm³/mol. The highest BCUT2D eigenvalue weighted by Crippen LogP contribution is 2.50. The molecule has 2 fully saturated rings. The van der Waals surface area contributed by atoms with Crippen LogP contribution in [0.5, 0.6) is 0 Å². The molecule has 0 aromatic rings. The van der Waals surface area contributed by atoms with Crippen molar-refractivity contribution in [3.8, 4) is 0 Å². The molecule has 2 rings (SSSR count). The Morgan fingerprint density at radius 1 is 1.29 bits per heavy atom. The van der Waals surface area contributed by atoms with Crippen LogP contribution in [0.25, 0.3) is 0 Å². The summed E-state index contributed by atoms with van der Waals surface area (Å²) in [5, 5.41) is 0. The van der Waals surface area contributed by atoms with E-state index in [2.05, 4.69) is 20.8 Å². The van der Waals surface area contributed by atoms with Crippen LogP contribution in [0.3, 0.4) is 0 Å². The molecule has 2 aliphatic rings. The first-order valence-electron chi connectivity index (χ1n) is 7.29. The third-order valence-corrected chi connectivity index (χ3v) is 4.56. The van der Waals surface area contributed by atoms with Crippen molar-refractivity contribution in [2.24, 2.45) is 22.5 Å². The Hall–Kier alpha value is -0.0800. The molecule has 1 heterocycles. The fraction of sp³-hybridized carbons (Fsp3) is 1.00. The van der Waals surface area contributed by atoms with Crippen LogP contribution in [0.2, 0.25) is 0 Å². The van der Waals surface area contributed by atoms with E-state index in [0.717, 1.165) is 19.1 Å². The lowest BCUT2D eigenvalue weighted by molar-refractivity contribution is 0.0283. The first-order chi connectivity index (χ1) is 7.97. The van der Waals surface area contributed by atoms with Crippen LogP contribution in [0.1, 0.15) is 59.3 Å². The van der Waals surface area contributed by atoms with Gasteiger partial charge in [-0.15, -0.1) is 0 Å². The van der Waals surface area contributed by atoms with E-state index in [4.69, 9.17) is 10.5 Å². The molecular weight excluding hydrogens is 210 g/mol. The molecule has 1 aliphatic carbocycles. The lowest BCUT2D eigenvalue weighted by Gasteiger charge is -2.34. The minimum absolute atomic E-state index is 0.312. The molecule has 0 amide bonds. The predicted octanol–water partition coefficient (Wildman–Crippen LogP) is 3.35. The summed E-state index contributed by atoms with van der Waals surface area (Å²) in [6, 6.07) is 0. The quantitative estimate of drug-likeness (QED) is 0.798. The molecule has 0 spiro atoms. The van der Waals surface area contributed by atoms with E-state index in [-0.39, 0.29) is 0 Å². The highest BCUT2D eigenvalue weighted by Gasteiger charge is 2.49. The van der Waals surface area contributed by atoms with Gasteiger partial charge >= 0.3 is 0 Å². The second kappa shape index (κ2) is 4.89. The van der Waals surface area contributed by atoms with Gasteiger partial charge in [0.25, 0.3) is 0 Å². The molecular formula is C15H29NO. The Kier molecular flexibility index (Phi) is 3.84. The first-order valence-corrected chi connectivity index (χ1v) is 7.29. The maximum absolute atomic E-state index is 6.09. The summed E-state index contributed by atoms with van der Waals surface area (Å²) in [6.07, 6.45) is 8.26. The van der Waals surface area contributed by atoms with Crippen molar-refractivity contribution in [3.05, 3.63) is 0 Å². The second-order valence-electron chi connectivity index (χ2n) is 7.36. The molecule has 2 heteroatoms. The molecule has 1 saturated carbocycles. The summed E-state index contributed by atoms with van der Waals surface area (Å²) in [5.74, 6) is 0.829. The van der Waals surface area contributed by atoms with E-state index in [1.54, 1.807) is 0 Å². The molecule has 0 radical (unpaired) electrons. The third-order valence-electron chi connectivity index (χ3n) is 4.56. The van der Waals surface area contributed by atoms with Crippen molar-refractivity contribution in [2.75, 3.05) is 13.2 Å². The molecule has 2 nitrogen and oxygen atoms in total. The SMILES string of the molecule is CC(C)(C)CCCC1(CN)CCOC1C1CC1. The zero-order valence-corrected chi connectivity index (χ0v) is 11.8. The van der Waals surface area contributed by atoms with Crippen molar-refractivity contribution in [3.63, 3.8) is 0 Å². The minimum atomic E-state index is 0.312. The number of ether oxygens (including phenoxy) is 1. The second-order valence-corrected chi connectivity index (χ2v) is 7.36. The topological polar surface area (TPSA) is 35.2 Å². The summed E-state index contributed by atoms with van der Waals surface area (Å²) in [7, 11) is 0. The van der Waals surface area contributed by atoms with Gasteiger partial charge in [0.05, 0.1) is 6.10 Å². The Morgan fingerprint density at radius 2 is 2.00 bits per heavy atom. The monoisotopic (exact) mass is 239 g/mol. The van der Waals surface area contributed by atoms with Crippen LogP contribution in [-0.2, 0) is 4.74 Å². The van der Waals surface area contributed by atoms with E-state index in [0.29, 0.717) is 16.9 Å². The lowest BCUT2D eigenvalue weighted by Crippen LogP contribution is -2.39. The number of hydrogen-bond donors (Lipinski definition) is 1. The van der Waals surface area contributed by atoms with Gasteiger partial charge in [0, 0.05) is 18.6 Å². The highest BCUT2D eigenvalue weighted by atomic mass is 16.5. The molecule has 0 aromatic heterocycles. The van der Waals surface area contributed by atoms with Crippen LogP contribution in [0.4, 0.5) is 0 Å². The summed E-state index contributed by atoms with van der Waals surface area (Å²) in [4.78, 5) is 0. The van der Waals surface area contributed by atoms with E-state index in [1.807, 2.05) is 0 Å². The maximum atomic E-state index is 6.09. The van der Waals surface area contributed by atoms with Gasteiger partial charge in [-0.25, -0.2) is 0 Å². The molecule has 17 heavy (non-hydrogen) atoms. The Balaban J connectivity index is 1.89. The van der Waals surface area contributed by atoms with Crippen molar-refractivity contribution >= 4 is 0 Å². The number of hydrogen-bond acceptors (Lipinski definition) is 2. The summed E-state index contributed by atoms with van der Waals surface area (Å²) in [6.45, 7) is 8.73. The van der Waals surface area contributed by atoms with Gasteiger partial charge < -0.3 is 10.5 Å². The van der Waals surface area contributed by atoms with Crippen molar-refractivity contribution in [2.45, 2.75) is 65.4 Å². The Labute approximate surface area is 106 Å². The van der Waals surface area contributed by atoms with Crippen LogP contribution in [0, 0.1) is 16.7 Å². The van der Waals surface area contributed by atoms with E-state index in [1.165, 1.54) is 38.5 Å². The summed E-state index contributed by atoms with van der Waals surface area (Å²) < 4.78 is 5.99. The zero-order chi connectivity index (χ0) is 12.5. The minimum Gasteiger partial charge on any atom is -0.377 e. The van der Waals surface area contributed by atoms with Gasteiger partial charge in [-0.2, -0.15) is 0 Å². The van der Waals surface area contributed by atoms with E-state index in [9.17, 15) is 0 Å². The molecule has 100 valence electrons.